The standard InChI is InChI=1S/C15H15ClF2N2S/c16-14-5-2-6-15(18)13(14)8-11(20-19)9-21-12-4-1-3-10(17)7-12/h1-7,11,20H,8-9,19H2. The second kappa shape index (κ2) is 7.75. The molecule has 0 aliphatic carbocycles. The van der Waals surface area contributed by atoms with E-state index >= 15 is 0 Å². The van der Waals surface area contributed by atoms with Gasteiger partial charge < -0.3 is 0 Å². The molecule has 2 rings (SSSR count). The average molecular weight is 329 g/mol. The molecule has 0 aromatic heterocycles. The Hall–Kier alpha value is -1.14. The maximum atomic E-state index is 13.8. The van der Waals surface area contributed by atoms with Gasteiger partial charge in [-0.1, -0.05) is 23.7 Å². The van der Waals surface area contributed by atoms with E-state index in [2.05, 4.69) is 5.43 Å². The van der Waals surface area contributed by atoms with Crippen molar-refractivity contribution in [1.82, 2.24) is 5.43 Å². The third-order valence-corrected chi connectivity index (χ3v) is 4.51. The highest BCUT2D eigenvalue weighted by molar-refractivity contribution is 7.99. The van der Waals surface area contributed by atoms with Crippen LogP contribution in [-0.4, -0.2) is 11.8 Å². The number of hydrogen-bond donors (Lipinski definition) is 2. The zero-order chi connectivity index (χ0) is 15.2. The molecule has 0 amide bonds. The molecule has 0 aliphatic heterocycles. The van der Waals surface area contributed by atoms with Gasteiger partial charge in [-0.05, 0) is 36.8 Å². The van der Waals surface area contributed by atoms with Gasteiger partial charge in [0.2, 0.25) is 0 Å². The average Bonchev–Trinajstić information content (AvgIpc) is 2.46. The van der Waals surface area contributed by atoms with Crippen LogP contribution in [0.25, 0.3) is 0 Å². The molecular weight excluding hydrogens is 314 g/mol. The van der Waals surface area contributed by atoms with Crippen molar-refractivity contribution in [2.24, 2.45) is 5.84 Å². The fraction of sp³-hybridized carbons (Fsp3) is 0.200. The SMILES string of the molecule is NNC(CSc1cccc(F)c1)Cc1c(F)cccc1Cl. The molecule has 112 valence electrons. The molecule has 0 radical (unpaired) electrons. The predicted molar refractivity (Wildman–Crippen MR) is 83.3 cm³/mol. The zero-order valence-corrected chi connectivity index (χ0v) is 12.7. The third-order valence-electron chi connectivity index (χ3n) is 3.00. The van der Waals surface area contributed by atoms with E-state index in [0.717, 1.165) is 4.90 Å². The summed E-state index contributed by atoms with van der Waals surface area (Å²) in [4.78, 5) is 0.801. The van der Waals surface area contributed by atoms with Gasteiger partial charge in [0, 0.05) is 27.3 Å². The molecular formula is C15H15ClF2N2S. The van der Waals surface area contributed by atoms with E-state index < -0.39 is 0 Å². The van der Waals surface area contributed by atoms with Crippen LogP contribution >= 0.6 is 23.4 Å². The number of nitrogens with two attached hydrogens (primary N) is 1. The van der Waals surface area contributed by atoms with Gasteiger partial charge in [-0.3, -0.25) is 11.3 Å². The molecule has 6 heteroatoms. The second-order valence-electron chi connectivity index (χ2n) is 4.54. The zero-order valence-electron chi connectivity index (χ0n) is 11.2. The quantitative estimate of drug-likeness (QED) is 0.481. The Balaban J connectivity index is 2.00. The lowest BCUT2D eigenvalue weighted by Gasteiger charge is -2.17. The molecule has 21 heavy (non-hydrogen) atoms. The van der Waals surface area contributed by atoms with Crippen molar-refractivity contribution in [2.45, 2.75) is 17.4 Å². The fourth-order valence-electron chi connectivity index (χ4n) is 1.89. The Morgan fingerprint density at radius 1 is 1.19 bits per heavy atom. The summed E-state index contributed by atoms with van der Waals surface area (Å²) in [5.41, 5.74) is 3.08. The number of thioether (sulfide) groups is 1. The summed E-state index contributed by atoms with van der Waals surface area (Å²) in [6, 6.07) is 10.7. The first-order chi connectivity index (χ1) is 10.1. The normalized spacial score (nSPS) is 12.4. The van der Waals surface area contributed by atoms with Crippen LogP contribution in [0.2, 0.25) is 5.02 Å². The van der Waals surface area contributed by atoms with E-state index in [1.54, 1.807) is 18.2 Å². The summed E-state index contributed by atoms with van der Waals surface area (Å²) >= 11 is 7.45. The molecule has 1 atom stereocenters. The van der Waals surface area contributed by atoms with Crippen LogP contribution in [0.1, 0.15) is 5.56 Å². The van der Waals surface area contributed by atoms with Crippen LogP contribution in [-0.2, 0) is 6.42 Å². The highest BCUT2D eigenvalue weighted by Crippen LogP contribution is 2.24. The number of halogens is 3. The first kappa shape index (κ1) is 16.2. The monoisotopic (exact) mass is 328 g/mol. The van der Waals surface area contributed by atoms with Crippen molar-refractivity contribution in [2.75, 3.05) is 5.75 Å². The molecule has 0 spiro atoms. The summed E-state index contributed by atoms with van der Waals surface area (Å²) in [7, 11) is 0. The number of benzene rings is 2. The molecule has 0 bridgehead atoms. The lowest BCUT2D eigenvalue weighted by atomic mass is 10.1. The maximum Gasteiger partial charge on any atom is 0.127 e. The predicted octanol–water partition coefficient (Wildman–Crippen LogP) is 3.78. The summed E-state index contributed by atoms with van der Waals surface area (Å²) in [6.07, 6.45) is 0.365. The Morgan fingerprint density at radius 3 is 2.62 bits per heavy atom. The lowest BCUT2D eigenvalue weighted by molar-refractivity contribution is 0.547. The van der Waals surface area contributed by atoms with Crippen LogP contribution in [0, 0.1) is 11.6 Å². The molecule has 1 unspecified atom stereocenters. The van der Waals surface area contributed by atoms with E-state index in [9.17, 15) is 8.78 Å². The van der Waals surface area contributed by atoms with Gasteiger partial charge >= 0.3 is 0 Å². The molecule has 2 aromatic carbocycles. The highest BCUT2D eigenvalue weighted by Gasteiger charge is 2.14. The summed E-state index contributed by atoms with van der Waals surface area (Å²) < 4.78 is 26.9. The van der Waals surface area contributed by atoms with Crippen LogP contribution < -0.4 is 11.3 Å². The minimum absolute atomic E-state index is 0.173. The summed E-state index contributed by atoms with van der Waals surface area (Å²) in [5.74, 6) is 5.45. The van der Waals surface area contributed by atoms with Crippen LogP contribution in [0.5, 0.6) is 0 Å². The van der Waals surface area contributed by atoms with Gasteiger partial charge in [-0.2, -0.15) is 0 Å². The topological polar surface area (TPSA) is 38.0 Å². The Labute approximate surface area is 131 Å². The smallest absolute Gasteiger partial charge is 0.127 e. The van der Waals surface area contributed by atoms with E-state index in [0.29, 0.717) is 22.8 Å². The van der Waals surface area contributed by atoms with Gasteiger partial charge in [0.1, 0.15) is 11.6 Å². The Bertz CT molecular complexity index is 590. The van der Waals surface area contributed by atoms with Crippen molar-refractivity contribution >= 4 is 23.4 Å². The van der Waals surface area contributed by atoms with E-state index in [1.165, 1.54) is 30.0 Å². The molecule has 2 aromatic rings. The van der Waals surface area contributed by atoms with Gasteiger partial charge in [0.25, 0.3) is 0 Å². The molecule has 0 heterocycles. The van der Waals surface area contributed by atoms with Crippen molar-refractivity contribution < 1.29 is 8.78 Å². The molecule has 3 N–H and O–H groups in total. The third kappa shape index (κ3) is 4.68. The summed E-state index contributed by atoms with van der Waals surface area (Å²) in [5, 5.41) is 0.381. The minimum Gasteiger partial charge on any atom is -0.271 e. The van der Waals surface area contributed by atoms with Gasteiger partial charge in [0.05, 0.1) is 0 Å². The highest BCUT2D eigenvalue weighted by atomic mass is 35.5. The number of rotatable bonds is 6. The van der Waals surface area contributed by atoms with Crippen molar-refractivity contribution in [3.8, 4) is 0 Å². The number of hydrogen-bond acceptors (Lipinski definition) is 3. The molecule has 0 saturated heterocycles. The van der Waals surface area contributed by atoms with E-state index in [-0.39, 0.29) is 17.7 Å². The first-order valence-electron chi connectivity index (χ1n) is 6.37. The molecule has 0 fully saturated rings. The first-order valence-corrected chi connectivity index (χ1v) is 7.74. The van der Waals surface area contributed by atoms with Crippen LogP contribution in [0.4, 0.5) is 8.78 Å². The Morgan fingerprint density at radius 2 is 1.95 bits per heavy atom. The van der Waals surface area contributed by atoms with Crippen molar-refractivity contribution in [3.05, 3.63) is 64.7 Å². The molecule has 2 nitrogen and oxygen atoms in total. The van der Waals surface area contributed by atoms with Crippen LogP contribution in [0.15, 0.2) is 47.4 Å². The Kier molecular flexibility index (Phi) is 5.99. The van der Waals surface area contributed by atoms with Crippen molar-refractivity contribution in [1.29, 1.82) is 0 Å². The molecule has 0 saturated carbocycles. The number of nitrogens with one attached hydrogen (secondary N) is 1. The fourth-order valence-corrected chi connectivity index (χ4v) is 3.11. The van der Waals surface area contributed by atoms with Gasteiger partial charge in [-0.15, -0.1) is 11.8 Å². The summed E-state index contributed by atoms with van der Waals surface area (Å²) in [6.45, 7) is 0. The van der Waals surface area contributed by atoms with Crippen LogP contribution in [0.3, 0.4) is 0 Å². The minimum atomic E-state index is -0.349. The van der Waals surface area contributed by atoms with Crippen molar-refractivity contribution in [3.63, 3.8) is 0 Å². The number of hydrazine groups is 1. The van der Waals surface area contributed by atoms with E-state index in [1.807, 2.05) is 6.07 Å². The van der Waals surface area contributed by atoms with Gasteiger partial charge in [-0.25, -0.2) is 8.78 Å². The maximum absolute atomic E-state index is 13.8. The lowest BCUT2D eigenvalue weighted by Crippen LogP contribution is -2.39. The molecule has 0 aliphatic rings. The second-order valence-corrected chi connectivity index (χ2v) is 6.04. The largest absolute Gasteiger partial charge is 0.271 e. The van der Waals surface area contributed by atoms with Gasteiger partial charge in [0.15, 0.2) is 0 Å². The van der Waals surface area contributed by atoms with E-state index in [4.69, 9.17) is 17.4 Å².